The number of ether oxygens (including phenoxy) is 1. The van der Waals surface area contributed by atoms with Gasteiger partial charge < -0.3 is 4.74 Å². The Morgan fingerprint density at radius 3 is 2.63 bits per heavy atom. The van der Waals surface area contributed by atoms with E-state index in [4.69, 9.17) is 4.74 Å². The molecule has 0 N–H and O–H groups in total. The van der Waals surface area contributed by atoms with Gasteiger partial charge in [-0.3, -0.25) is 0 Å². The van der Waals surface area contributed by atoms with Gasteiger partial charge in [-0.25, -0.2) is 9.78 Å². The molecule has 0 aliphatic rings. The summed E-state index contributed by atoms with van der Waals surface area (Å²) < 4.78 is 8.39. The zero-order valence-corrected chi connectivity index (χ0v) is 15.7. The molecule has 4 aromatic rings. The third kappa shape index (κ3) is 3.39. The topological polar surface area (TPSA) is 74.8 Å². The zero-order chi connectivity index (χ0) is 18.8. The van der Waals surface area contributed by atoms with Gasteiger partial charge in [0.1, 0.15) is 11.6 Å². The minimum absolute atomic E-state index is 0.281. The summed E-state index contributed by atoms with van der Waals surface area (Å²) >= 11 is 1.53. The Hall–Kier alpha value is -3.26. The van der Waals surface area contributed by atoms with Gasteiger partial charge in [0.15, 0.2) is 0 Å². The van der Waals surface area contributed by atoms with E-state index < -0.39 is 0 Å². The molecule has 2 heterocycles. The summed E-state index contributed by atoms with van der Waals surface area (Å²) in [4.78, 5) is 16.8. The van der Waals surface area contributed by atoms with Crippen LogP contribution in [0.4, 0.5) is 0 Å². The Bertz CT molecular complexity index is 1130. The van der Waals surface area contributed by atoms with Gasteiger partial charge in [-0.15, -0.1) is 11.3 Å². The van der Waals surface area contributed by atoms with Crippen molar-refractivity contribution in [1.29, 1.82) is 0 Å². The first-order chi connectivity index (χ1) is 13.1. The summed E-state index contributed by atoms with van der Waals surface area (Å²) in [6.45, 7) is 2.25. The summed E-state index contributed by atoms with van der Waals surface area (Å²) in [6, 6.07) is 15.7. The van der Waals surface area contributed by atoms with Gasteiger partial charge in [0.2, 0.25) is 5.88 Å². The Kier molecular flexibility index (Phi) is 4.55. The fourth-order valence-electron chi connectivity index (χ4n) is 2.72. The molecule has 0 unspecified atom stereocenters. The fraction of sp³-hybridized carbons (Fsp3) is 0.158. The van der Waals surface area contributed by atoms with Gasteiger partial charge in [0.05, 0.1) is 11.1 Å². The second-order valence-electron chi connectivity index (χ2n) is 6.02. The maximum absolute atomic E-state index is 12.2. The van der Waals surface area contributed by atoms with Gasteiger partial charge >= 0.3 is 5.69 Å². The lowest BCUT2D eigenvalue weighted by atomic mass is 10.1. The molecular weight excluding hydrogens is 362 g/mol. The molecular formula is C19H17N5O2S. The molecule has 0 aliphatic carbocycles. The van der Waals surface area contributed by atoms with E-state index in [1.165, 1.54) is 20.7 Å². The SMILES string of the molecule is Cc1cccc(-n2nnn(C)c2=O)c1COc1csc(-c2ccccc2)n1. The quantitative estimate of drug-likeness (QED) is 0.533. The van der Waals surface area contributed by atoms with Gasteiger partial charge in [-0.2, -0.15) is 9.36 Å². The van der Waals surface area contributed by atoms with Crippen LogP contribution in [0.15, 0.2) is 58.7 Å². The molecule has 0 atom stereocenters. The second-order valence-corrected chi connectivity index (χ2v) is 6.87. The third-order valence-corrected chi connectivity index (χ3v) is 5.07. The normalized spacial score (nSPS) is 10.9. The summed E-state index contributed by atoms with van der Waals surface area (Å²) in [7, 11) is 1.57. The molecule has 0 radical (unpaired) electrons. The lowest BCUT2D eigenvalue weighted by Crippen LogP contribution is -2.23. The maximum atomic E-state index is 12.2. The van der Waals surface area contributed by atoms with Crippen molar-refractivity contribution in [1.82, 2.24) is 24.8 Å². The predicted octanol–water partition coefficient (Wildman–Crippen LogP) is 2.98. The van der Waals surface area contributed by atoms with E-state index in [0.29, 0.717) is 11.6 Å². The first-order valence-electron chi connectivity index (χ1n) is 8.35. The van der Waals surface area contributed by atoms with Crippen molar-refractivity contribution in [3.63, 3.8) is 0 Å². The van der Waals surface area contributed by atoms with Crippen molar-refractivity contribution in [2.24, 2.45) is 7.05 Å². The molecule has 27 heavy (non-hydrogen) atoms. The monoisotopic (exact) mass is 379 g/mol. The van der Waals surface area contributed by atoms with E-state index in [0.717, 1.165) is 21.7 Å². The lowest BCUT2D eigenvalue weighted by molar-refractivity contribution is 0.295. The number of benzene rings is 2. The van der Waals surface area contributed by atoms with Crippen LogP contribution in [0.5, 0.6) is 5.88 Å². The van der Waals surface area contributed by atoms with Crippen molar-refractivity contribution < 1.29 is 4.74 Å². The molecule has 0 amide bonds. The molecule has 2 aromatic carbocycles. The van der Waals surface area contributed by atoms with Crippen molar-refractivity contribution in [2.45, 2.75) is 13.5 Å². The molecule has 0 fully saturated rings. The standard InChI is InChI=1S/C19H17N5O2S/c1-13-7-6-10-16(24-19(25)23(2)21-22-24)15(13)11-26-17-12-27-18(20-17)14-8-4-3-5-9-14/h3-10,12H,11H2,1-2H3. The maximum Gasteiger partial charge on any atom is 0.368 e. The average Bonchev–Trinajstić information content (AvgIpc) is 3.29. The number of tetrazole rings is 1. The van der Waals surface area contributed by atoms with Crippen molar-refractivity contribution in [2.75, 3.05) is 0 Å². The largest absolute Gasteiger partial charge is 0.472 e. The highest BCUT2D eigenvalue weighted by atomic mass is 32.1. The highest BCUT2D eigenvalue weighted by Gasteiger charge is 2.14. The number of aromatic nitrogens is 5. The molecule has 0 saturated heterocycles. The van der Waals surface area contributed by atoms with Crippen LogP contribution in [0.25, 0.3) is 16.3 Å². The van der Waals surface area contributed by atoms with E-state index in [1.54, 1.807) is 7.05 Å². The van der Waals surface area contributed by atoms with Gasteiger partial charge in [0, 0.05) is 18.2 Å². The summed E-state index contributed by atoms with van der Waals surface area (Å²) in [5.41, 5.74) is 3.28. The fourth-order valence-corrected chi connectivity index (χ4v) is 3.47. The third-order valence-electron chi connectivity index (χ3n) is 4.20. The molecule has 8 heteroatoms. The Labute approximate surface area is 159 Å². The van der Waals surface area contributed by atoms with Gasteiger partial charge in [0.25, 0.3) is 0 Å². The number of aryl methyl sites for hydroxylation is 2. The van der Waals surface area contributed by atoms with Crippen LogP contribution in [0.3, 0.4) is 0 Å². The summed E-state index contributed by atoms with van der Waals surface area (Å²) in [5, 5.41) is 10.5. The molecule has 4 rings (SSSR count). The lowest BCUT2D eigenvalue weighted by Gasteiger charge is -2.11. The molecule has 136 valence electrons. The van der Waals surface area contributed by atoms with E-state index in [-0.39, 0.29) is 12.3 Å². The van der Waals surface area contributed by atoms with Crippen LogP contribution >= 0.6 is 11.3 Å². The van der Waals surface area contributed by atoms with Gasteiger partial charge in [-0.05, 0) is 29.0 Å². The van der Waals surface area contributed by atoms with Crippen LogP contribution in [-0.2, 0) is 13.7 Å². The van der Waals surface area contributed by atoms with Crippen molar-refractivity contribution in [3.8, 4) is 22.1 Å². The first-order valence-corrected chi connectivity index (χ1v) is 9.23. The molecule has 7 nitrogen and oxygen atoms in total. The molecule has 0 spiro atoms. The molecule has 0 saturated carbocycles. The summed E-state index contributed by atoms with van der Waals surface area (Å²) in [5.74, 6) is 0.555. The van der Waals surface area contributed by atoms with E-state index in [9.17, 15) is 4.79 Å². The van der Waals surface area contributed by atoms with E-state index in [2.05, 4.69) is 15.4 Å². The van der Waals surface area contributed by atoms with Crippen molar-refractivity contribution in [3.05, 3.63) is 75.5 Å². The number of nitrogens with zero attached hydrogens (tertiary/aromatic N) is 5. The van der Waals surface area contributed by atoms with Crippen LogP contribution < -0.4 is 10.4 Å². The predicted molar refractivity (Wildman–Crippen MR) is 103 cm³/mol. The number of thiazole rings is 1. The van der Waals surface area contributed by atoms with E-state index >= 15 is 0 Å². The Morgan fingerprint density at radius 1 is 1.07 bits per heavy atom. The molecule has 0 bridgehead atoms. The highest BCUT2D eigenvalue weighted by Crippen LogP contribution is 2.28. The number of hydrogen-bond donors (Lipinski definition) is 0. The van der Waals surface area contributed by atoms with Gasteiger partial charge in [-0.1, -0.05) is 42.5 Å². The summed E-state index contributed by atoms with van der Waals surface area (Å²) in [6.07, 6.45) is 0. The van der Waals surface area contributed by atoms with E-state index in [1.807, 2.05) is 60.8 Å². The first kappa shape index (κ1) is 17.2. The van der Waals surface area contributed by atoms with Crippen LogP contribution in [0, 0.1) is 6.92 Å². The zero-order valence-electron chi connectivity index (χ0n) is 14.9. The van der Waals surface area contributed by atoms with Crippen LogP contribution in [-0.4, -0.2) is 24.8 Å². The van der Waals surface area contributed by atoms with Crippen LogP contribution in [0.1, 0.15) is 11.1 Å². The Morgan fingerprint density at radius 2 is 1.89 bits per heavy atom. The van der Waals surface area contributed by atoms with Crippen molar-refractivity contribution >= 4 is 11.3 Å². The number of hydrogen-bond acceptors (Lipinski definition) is 6. The average molecular weight is 379 g/mol. The minimum Gasteiger partial charge on any atom is -0.472 e. The number of rotatable bonds is 5. The smallest absolute Gasteiger partial charge is 0.368 e. The molecule has 0 aliphatic heterocycles. The Balaban J connectivity index is 1.60. The second kappa shape index (κ2) is 7.16. The van der Waals surface area contributed by atoms with Crippen LogP contribution in [0.2, 0.25) is 0 Å². The highest BCUT2D eigenvalue weighted by molar-refractivity contribution is 7.13. The molecule has 2 aromatic heterocycles. The minimum atomic E-state index is -0.304.